The highest BCUT2D eigenvalue weighted by atomic mass is 19.3. The molecule has 2 aromatic rings. The summed E-state index contributed by atoms with van der Waals surface area (Å²) < 4.78 is 28.6. The Hall–Kier alpha value is -1.59. The topological polar surface area (TPSA) is 42.4 Å². The van der Waals surface area contributed by atoms with Gasteiger partial charge in [0.05, 0.1) is 6.10 Å². The molecule has 0 fully saturated rings. The fourth-order valence-electron chi connectivity index (χ4n) is 1.95. The molecule has 0 saturated carbocycles. The van der Waals surface area contributed by atoms with E-state index in [0.717, 1.165) is 16.3 Å². The van der Waals surface area contributed by atoms with E-state index in [2.05, 4.69) is 4.98 Å². The number of aliphatic hydroxyl groups is 1. The second-order valence-corrected chi connectivity index (χ2v) is 4.21. The van der Waals surface area contributed by atoms with Crippen molar-refractivity contribution in [3.05, 3.63) is 42.2 Å². The number of pyridine rings is 1. The molecule has 0 aliphatic rings. The predicted octanol–water partition coefficient (Wildman–Crippen LogP) is 2.94. The monoisotopic (exact) mass is 267 g/mol. The molecule has 5 heteroatoms. The maximum absolute atomic E-state index is 11.9. The van der Waals surface area contributed by atoms with Crippen LogP contribution < -0.4 is 0 Å². The van der Waals surface area contributed by atoms with E-state index in [-0.39, 0.29) is 13.0 Å². The standard InChI is InChI=1S/C14H15F2NO2/c15-14(16)9-19-7-5-13(18)11-3-1-2-10-4-6-17-8-12(10)11/h1-4,6,8,13-14,18H,5,7,9H2. The van der Waals surface area contributed by atoms with Crippen molar-refractivity contribution in [2.45, 2.75) is 19.0 Å². The van der Waals surface area contributed by atoms with Crippen molar-refractivity contribution in [3.8, 4) is 0 Å². The van der Waals surface area contributed by atoms with Crippen LogP contribution in [0.3, 0.4) is 0 Å². The highest BCUT2D eigenvalue weighted by molar-refractivity contribution is 5.85. The van der Waals surface area contributed by atoms with Crippen molar-refractivity contribution in [2.75, 3.05) is 13.2 Å². The van der Waals surface area contributed by atoms with Crippen LogP contribution in [0, 0.1) is 0 Å². The number of benzene rings is 1. The molecule has 1 atom stereocenters. The molecule has 0 radical (unpaired) electrons. The zero-order valence-corrected chi connectivity index (χ0v) is 10.3. The summed E-state index contributed by atoms with van der Waals surface area (Å²) in [5.41, 5.74) is 0.742. The molecule has 0 aliphatic heterocycles. The molecule has 1 aromatic heterocycles. The molecule has 1 N–H and O–H groups in total. The van der Waals surface area contributed by atoms with Crippen molar-refractivity contribution in [3.63, 3.8) is 0 Å². The van der Waals surface area contributed by atoms with E-state index in [1.54, 1.807) is 12.4 Å². The molecule has 0 amide bonds. The number of hydrogen-bond donors (Lipinski definition) is 1. The van der Waals surface area contributed by atoms with Gasteiger partial charge < -0.3 is 9.84 Å². The van der Waals surface area contributed by atoms with Gasteiger partial charge in [-0.25, -0.2) is 8.78 Å². The normalized spacial score (nSPS) is 13.1. The van der Waals surface area contributed by atoms with Gasteiger partial charge in [-0.2, -0.15) is 0 Å². The van der Waals surface area contributed by atoms with Gasteiger partial charge in [0, 0.05) is 30.8 Å². The van der Waals surface area contributed by atoms with Crippen LogP contribution in [0.15, 0.2) is 36.7 Å². The molecular weight excluding hydrogens is 252 g/mol. The minimum atomic E-state index is -2.47. The van der Waals surface area contributed by atoms with Gasteiger partial charge in [0.2, 0.25) is 0 Å². The third kappa shape index (κ3) is 3.68. The zero-order chi connectivity index (χ0) is 13.7. The summed E-state index contributed by atoms with van der Waals surface area (Å²) in [5, 5.41) is 11.9. The summed E-state index contributed by atoms with van der Waals surface area (Å²) >= 11 is 0. The lowest BCUT2D eigenvalue weighted by molar-refractivity contribution is 0.00495. The molecule has 0 spiro atoms. The number of aromatic nitrogens is 1. The van der Waals surface area contributed by atoms with Gasteiger partial charge in [0.1, 0.15) is 6.61 Å². The predicted molar refractivity (Wildman–Crippen MR) is 68.1 cm³/mol. The van der Waals surface area contributed by atoms with Crippen LogP contribution in [-0.4, -0.2) is 29.7 Å². The smallest absolute Gasteiger partial charge is 0.261 e. The first kappa shape index (κ1) is 13.8. The number of rotatable bonds is 6. The van der Waals surface area contributed by atoms with Gasteiger partial charge in [-0.15, -0.1) is 0 Å². The zero-order valence-electron chi connectivity index (χ0n) is 10.3. The summed E-state index contributed by atoms with van der Waals surface area (Å²) in [7, 11) is 0. The summed E-state index contributed by atoms with van der Waals surface area (Å²) in [6.07, 6.45) is 0.434. The molecule has 3 nitrogen and oxygen atoms in total. The average Bonchev–Trinajstić information content (AvgIpc) is 2.42. The van der Waals surface area contributed by atoms with E-state index in [4.69, 9.17) is 4.74 Å². The molecule has 0 saturated heterocycles. The Kier molecular flexibility index (Phi) is 4.76. The maximum Gasteiger partial charge on any atom is 0.261 e. The number of fused-ring (bicyclic) bond motifs is 1. The van der Waals surface area contributed by atoms with Gasteiger partial charge in [-0.05, 0) is 17.0 Å². The van der Waals surface area contributed by atoms with Crippen molar-refractivity contribution >= 4 is 10.8 Å². The molecule has 2 rings (SSSR count). The highest BCUT2D eigenvalue weighted by Gasteiger charge is 2.11. The molecule has 19 heavy (non-hydrogen) atoms. The van der Waals surface area contributed by atoms with Crippen molar-refractivity contribution in [1.29, 1.82) is 0 Å². The molecule has 1 heterocycles. The number of nitrogens with zero attached hydrogens (tertiary/aromatic N) is 1. The van der Waals surface area contributed by atoms with Crippen LogP contribution in [0.4, 0.5) is 8.78 Å². The van der Waals surface area contributed by atoms with Crippen molar-refractivity contribution < 1.29 is 18.6 Å². The molecular formula is C14H15F2NO2. The molecule has 1 unspecified atom stereocenters. The number of alkyl halides is 2. The van der Waals surface area contributed by atoms with E-state index in [9.17, 15) is 13.9 Å². The second kappa shape index (κ2) is 6.54. The Morgan fingerprint density at radius 2 is 2.11 bits per heavy atom. The van der Waals surface area contributed by atoms with Crippen LogP contribution in [-0.2, 0) is 4.74 Å². The van der Waals surface area contributed by atoms with Gasteiger partial charge in [-0.3, -0.25) is 4.98 Å². The quantitative estimate of drug-likeness (QED) is 0.818. The average molecular weight is 267 g/mol. The Balaban J connectivity index is 2.03. The van der Waals surface area contributed by atoms with E-state index in [0.29, 0.717) is 0 Å². The van der Waals surface area contributed by atoms with E-state index in [1.807, 2.05) is 24.3 Å². The number of aliphatic hydroxyl groups excluding tert-OH is 1. The van der Waals surface area contributed by atoms with Crippen LogP contribution in [0.1, 0.15) is 18.1 Å². The summed E-state index contributed by atoms with van der Waals surface area (Å²) in [4.78, 5) is 4.03. The van der Waals surface area contributed by atoms with Crippen LogP contribution in [0.5, 0.6) is 0 Å². The lowest BCUT2D eigenvalue weighted by atomic mass is 10.0. The minimum Gasteiger partial charge on any atom is -0.388 e. The number of hydrogen-bond acceptors (Lipinski definition) is 3. The van der Waals surface area contributed by atoms with Crippen molar-refractivity contribution in [1.82, 2.24) is 4.98 Å². The van der Waals surface area contributed by atoms with Gasteiger partial charge in [0.15, 0.2) is 0 Å². The van der Waals surface area contributed by atoms with E-state index in [1.165, 1.54) is 0 Å². The van der Waals surface area contributed by atoms with E-state index < -0.39 is 19.1 Å². The van der Waals surface area contributed by atoms with Gasteiger partial charge >= 0.3 is 0 Å². The third-order valence-corrected chi connectivity index (χ3v) is 2.86. The first-order chi connectivity index (χ1) is 9.18. The minimum absolute atomic E-state index is 0.0994. The molecule has 0 bridgehead atoms. The Bertz CT molecular complexity index is 528. The Morgan fingerprint density at radius 3 is 2.89 bits per heavy atom. The third-order valence-electron chi connectivity index (χ3n) is 2.86. The van der Waals surface area contributed by atoms with Crippen LogP contribution in [0.25, 0.3) is 10.8 Å². The van der Waals surface area contributed by atoms with Crippen LogP contribution in [0.2, 0.25) is 0 Å². The number of halogens is 2. The van der Waals surface area contributed by atoms with Gasteiger partial charge in [0.25, 0.3) is 6.43 Å². The summed E-state index contributed by atoms with van der Waals surface area (Å²) in [5.74, 6) is 0. The molecule has 0 aliphatic carbocycles. The lowest BCUT2D eigenvalue weighted by Gasteiger charge is -2.13. The summed E-state index contributed by atoms with van der Waals surface area (Å²) in [6, 6.07) is 7.45. The van der Waals surface area contributed by atoms with Crippen LogP contribution >= 0.6 is 0 Å². The Morgan fingerprint density at radius 1 is 1.26 bits per heavy atom. The van der Waals surface area contributed by atoms with E-state index >= 15 is 0 Å². The SMILES string of the molecule is OC(CCOCC(F)F)c1cccc2ccncc12. The molecule has 1 aromatic carbocycles. The maximum atomic E-state index is 11.9. The fourth-order valence-corrected chi connectivity index (χ4v) is 1.95. The largest absolute Gasteiger partial charge is 0.388 e. The van der Waals surface area contributed by atoms with Gasteiger partial charge in [-0.1, -0.05) is 18.2 Å². The number of ether oxygens (including phenoxy) is 1. The lowest BCUT2D eigenvalue weighted by Crippen LogP contribution is -2.08. The Labute approximate surface area is 109 Å². The second-order valence-electron chi connectivity index (χ2n) is 4.21. The highest BCUT2D eigenvalue weighted by Crippen LogP contribution is 2.25. The summed E-state index contributed by atoms with van der Waals surface area (Å²) in [6.45, 7) is -0.494. The first-order valence-corrected chi connectivity index (χ1v) is 6.05. The molecule has 102 valence electrons. The fraction of sp³-hybridized carbons (Fsp3) is 0.357. The first-order valence-electron chi connectivity index (χ1n) is 6.05. The van der Waals surface area contributed by atoms with Crippen molar-refractivity contribution in [2.24, 2.45) is 0 Å².